The van der Waals surface area contributed by atoms with Gasteiger partial charge in [-0.3, -0.25) is 4.79 Å². The van der Waals surface area contributed by atoms with E-state index in [1.807, 2.05) is 18.4 Å². The highest BCUT2D eigenvalue weighted by molar-refractivity contribution is 7.91. The number of nitrogens with zero attached hydrogens (tertiary/aromatic N) is 1. The molecule has 1 N–H and O–H groups in total. The second-order valence-corrected chi connectivity index (χ2v) is 11.6. The number of carbonyl (C=O) groups excluding carboxylic acids is 1. The van der Waals surface area contributed by atoms with E-state index in [9.17, 15) is 13.2 Å². The van der Waals surface area contributed by atoms with E-state index in [0.717, 1.165) is 57.2 Å². The fourth-order valence-electron chi connectivity index (χ4n) is 5.25. The van der Waals surface area contributed by atoms with E-state index in [0.29, 0.717) is 11.8 Å². The van der Waals surface area contributed by atoms with E-state index in [-0.39, 0.29) is 11.9 Å². The summed E-state index contributed by atoms with van der Waals surface area (Å²) in [4.78, 5) is 14.4. The van der Waals surface area contributed by atoms with Gasteiger partial charge < -0.3 is 14.6 Å². The molecule has 1 aromatic heterocycles. The number of furan rings is 1. The number of carbonyl (C=O) groups is 1. The van der Waals surface area contributed by atoms with Crippen molar-refractivity contribution < 1.29 is 17.6 Å². The second kappa shape index (κ2) is 9.74. The van der Waals surface area contributed by atoms with Gasteiger partial charge in [-0.15, -0.1) is 0 Å². The fraction of sp³-hybridized carbons (Fsp3) is 0.625. The summed E-state index contributed by atoms with van der Waals surface area (Å²) in [6.45, 7) is 3.43. The van der Waals surface area contributed by atoms with E-state index in [2.05, 4.69) is 22.3 Å². The number of hydrogen-bond acceptors (Lipinski definition) is 5. The Bertz CT molecular complexity index is 984. The normalized spacial score (nSPS) is 23.8. The molecule has 0 atom stereocenters. The zero-order chi connectivity index (χ0) is 21.8. The Morgan fingerprint density at radius 3 is 2.52 bits per heavy atom. The predicted octanol–water partition coefficient (Wildman–Crippen LogP) is 3.72. The van der Waals surface area contributed by atoms with Crippen molar-refractivity contribution in [2.24, 2.45) is 5.92 Å². The molecule has 1 saturated heterocycles. The third-order valence-electron chi connectivity index (χ3n) is 7.00. The minimum atomic E-state index is -3.26. The molecule has 0 spiro atoms. The van der Waals surface area contributed by atoms with Gasteiger partial charge in [-0.25, -0.2) is 8.42 Å². The average molecular weight is 447 g/mol. The lowest BCUT2D eigenvalue weighted by Gasteiger charge is -2.34. The summed E-state index contributed by atoms with van der Waals surface area (Å²) >= 11 is 0. The molecule has 0 bridgehead atoms. The number of rotatable bonds is 7. The van der Waals surface area contributed by atoms with Crippen molar-refractivity contribution in [2.75, 3.05) is 31.6 Å². The first-order valence-electron chi connectivity index (χ1n) is 11.5. The van der Waals surface area contributed by atoms with E-state index < -0.39 is 15.6 Å². The molecule has 1 aliphatic heterocycles. The Kier molecular flexibility index (Phi) is 7.02. The third kappa shape index (κ3) is 6.10. The van der Waals surface area contributed by atoms with Crippen molar-refractivity contribution in [1.82, 2.24) is 10.2 Å². The maximum Gasteiger partial charge on any atom is 0.235 e. The van der Waals surface area contributed by atoms with Crippen LogP contribution in [0.5, 0.6) is 0 Å². The van der Waals surface area contributed by atoms with Crippen LogP contribution >= 0.6 is 0 Å². The largest absolute Gasteiger partial charge is 0.464 e. The van der Waals surface area contributed by atoms with Gasteiger partial charge in [0.2, 0.25) is 5.91 Å². The second-order valence-electron chi connectivity index (χ2n) is 9.45. The number of piperidine rings is 1. The first-order valence-corrected chi connectivity index (χ1v) is 13.6. The molecule has 1 saturated carbocycles. The van der Waals surface area contributed by atoms with Crippen LogP contribution in [0.1, 0.15) is 56.4 Å². The van der Waals surface area contributed by atoms with Crippen LogP contribution in [0.15, 0.2) is 34.9 Å². The van der Waals surface area contributed by atoms with Crippen LogP contribution < -0.4 is 5.32 Å². The molecule has 2 heterocycles. The summed E-state index contributed by atoms with van der Waals surface area (Å²) in [5.74, 6) is 0.529. The Hall–Kier alpha value is -1.86. The van der Waals surface area contributed by atoms with Gasteiger partial charge >= 0.3 is 0 Å². The van der Waals surface area contributed by atoms with Crippen LogP contribution in [0, 0.1) is 5.92 Å². The molecule has 1 amide bonds. The van der Waals surface area contributed by atoms with Crippen molar-refractivity contribution in [3.05, 3.63) is 36.1 Å². The van der Waals surface area contributed by atoms with Crippen molar-refractivity contribution >= 4 is 26.7 Å². The fourth-order valence-corrected chi connectivity index (χ4v) is 5.81. The van der Waals surface area contributed by atoms with E-state index in [4.69, 9.17) is 4.42 Å². The summed E-state index contributed by atoms with van der Waals surface area (Å²) < 4.78 is 28.2. The van der Waals surface area contributed by atoms with Gasteiger partial charge in [0.25, 0.3) is 0 Å². The number of likely N-dealkylation sites (tertiary alicyclic amines) is 1. The molecule has 1 aliphatic carbocycles. The number of hydrogen-bond donors (Lipinski definition) is 1. The average Bonchev–Trinajstić information content (AvgIpc) is 3.16. The molecule has 1 aromatic carbocycles. The van der Waals surface area contributed by atoms with Gasteiger partial charge in [0.05, 0.1) is 6.26 Å². The monoisotopic (exact) mass is 446 g/mol. The molecule has 0 unspecified atom stereocenters. The minimum absolute atomic E-state index is 0.131. The zero-order valence-electron chi connectivity index (χ0n) is 18.4. The molecule has 6 nitrogen and oxygen atoms in total. The highest BCUT2D eigenvalue weighted by Gasteiger charge is 2.26. The lowest BCUT2D eigenvalue weighted by atomic mass is 9.83. The Balaban J connectivity index is 1.16. The summed E-state index contributed by atoms with van der Waals surface area (Å²) in [6.07, 6.45) is 10.8. The lowest BCUT2D eigenvalue weighted by molar-refractivity contribution is -0.119. The summed E-state index contributed by atoms with van der Waals surface area (Å²) in [5, 5.41) is 4.16. The molecule has 2 aliphatic rings. The Labute approximate surface area is 185 Å². The van der Waals surface area contributed by atoms with Crippen molar-refractivity contribution in [1.29, 1.82) is 0 Å². The van der Waals surface area contributed by atoms with Gasteiger partial charge in [-0.2, -0.15) is 0 Å². The molecular weight excluding hydrogens is 412 g/mol. The number of sulfone groups is 1. The van der Waals surface area contributed by atoms with Crippen LogP contribution in [0.25, 0.3) is 11.0 Å². The molecule has 0 radical (unpaired) electrons. The molecule has 31 heavy (non-hydrogen) atoms. The standard InChI is InChI=1S/C24H34N2O4S/c1-31(28,29)17-24(27)25-20-8-6-18(7-9-20)10-13-26-14-11-19(12-15-26)22-16-30-23-5-3-2-4-21(22)23/h2-5,16,18-20H,6-15,17H2,1H3,(H,25,27)/t18-,20-. The number of fused-ring (bicyclic) bond motifs is 1. The highest BCUT2D eigenvalue weighted by Crippen LogP contribution is 2.35. The van der Waals surface area contributed by atoms with Crippen LogP contribution in [0.3, 0.4) is 0 Å². The number of benzene rings is 1. The predicted molar refractivity (Wildman–Crippen MR) is 123 cm³/mol. The quantitative estimate of drug-likeness (QED) is 0.701. The van der Waals surface area contributed by atoms with Gasteiger partial charge in [0.1, 0.15) is 11.3 Å². The zero-order valence-corrected chi connectivity index (χ0v) is 19.2. The highest BCUT2D eigenvalue weighted by atomic mass is 32.2. The number of nitrogens with one attached hydrogen (secondary N) is 1. The molecular formula is C24H34N2O4S. The molecule has 2 aromatic rings. The van der Waals surface area contributed by atoms with Gasteiger partial charge in [0, 0.05) is 23.2 Å². The van der Waals surface area contributed by atoms with Gasteiger partial charge in [-0.1, -0.05) is 18.2 Å². The smallest absolute Gasteiger partial charge is 0.235 e. The van der Waals surface area contributed by atoms with Gasteiger partial charge in [-0.05, 0) is 82.5 Å². The Morgan fingerprint density at radius 1 is 1.10 bits per heavy atom. The van der Waals surface area contributed by atoms with Crippen LogP contribution in [0.4, 0.5) is 0 Å². The summed E-state index contributed by atoms with van der Waals surface area (Å²) in [6, 6.07) is 8.45. The maximum absolute atomic E-state index is 11.8. The Morgan fingerprint density at radius 2 is 1.81 bits per heavy atom. The number of amides is 1. The van der Waals surface area contributed by atoms with Crippen LogP contribution in [0.2, 0.25) is 0 Å². The van der Waals surface area contributed by atoms with Gasteiger partial charge in [0.15, 0.2) is 9.84 Å². The van der Waals surface area contributed by atoms with Crippen molar-refractivity contribution in [2.45, 2.75) is 56.9 Å². The summed E-state index contributed by atoms with van der Waals surface area (Å²) in [5.41, 5.74) is 2.36. The lowest BCUT2D eigenvalue weighted by Crippen LogP contribution is -2.41. The molecule has 7 heteroatoms. The molecule has 4 rings (SSSR count). The van der Waals surface area contributed by atoms with E-state index in [1.54, 1.807) is 0 Å². The van der Waals surface area contributed by atoms with Crippen molar-refractivity contribution in [3.8, 4) is 0 Å². The maximum atomic E-state index is 11.8. The SMILES string of the molecule is CS(=O)(=O)CC(=O)N[C@H]1CC[C@H](CCN2CCC(c3coc4ccccc34)CC2)CC1. The number of para-hydroxylation sites is 1. The van der Waals surface area contributed by atoms with Crippen LogP contribution in [-0.2, 0) is 14.6 Å². The van der Waals surface area contributed by atoms with Crippen molar-refractivity contribution in [3.63, 3.8) is 0 Å². The molecule has 170 valence electrons. The molecule has 2 fully saturated rings. The van der Waals surface area contributed by atoms with E-state index >= 15 is 0 Å². The minimum Gasteiger partial charge on any atom is -0.464 e. The summed E-state index contributed by atoms with van der Waals surface area (Å²) in [7, 11) is -3.26. The first-order chi connectivity index (χ1) is 14.9. The van der Waals surface area contributed by atoms with Crippen LogP contribution in [-0.4, -0.2) is 56.9 Å². The first kappa shape index (κ1) is 22.3. The topological polar surface area (TPSA) is 79.6 Å². The van der Waals surface area contributed by atoms with E-state index in [1.165, 1.54) is 30.2 Å². The third-order valence-corrected chi connectivity index (χ3v) is 7.78.